The number of pyridine rings is 1. The fraction of sp³-hybridized carbons (Fsp3) is 0.375. The maximum atomic E-state index is 12.6. The zero-order valence-electron chi connectivity index (χ0n) is 19.2. The SMILES string of the molecule is CC(c1ccc2nccnc2c1)N1CCN(c2cc(=O)n(C)c3cn(CC#N)nc23)CC1CO. The summed E-state index contributed by atoms with van der Waals surface area (Å²) in [5, 5.41) is 23.9. The molecule has 0 amide bonds. The number of aryl methyl sites for hydroxylation is 1. The number of benzene rings is 1. The Kier molecular flexibility index (Phi) is 5.73. The lowest BCUT2D eigenvalue weighted by atomic mass is 10.0. The molecule has 4 aromatic rings. The first-order valence-electron chi connectivity index (χ1n) is 11.3. The third-order valence-electron chi connectivity index (χ3n) is 6.72. The molecule has 0 spiro atoms. The van der Waals surface area contributed by atoms with E-state index in [1.165, 1.54) is 0 Å². The molecule has 0 bridgehead atoms. The van der Waals surface area contributed by atoms with Crippen molar-refractivity contribution in [3.05, 3.63) is 58.8 Å². The molecular weight excluding hydrogens is 432 g/mol. The molecule has 0 aliphatic carbocycles. The van der Waals surface area contributed by atoms with E-state index in [2.05, 4.69) is 50.0 Å². The molecule has 10 heteroatoms. The van der Waals surface area contributed by atoms with Crippen LogP contribution in [0.5, 0.6) is 0 Å². The Hall–Kier alpha value is -3.81. The quantitative estimate of drug-likeness (QED) is 0.478. The number of fused-ring (bicyclic) bond motifs is 2. The molecule has 1 fully saturated rings. The zero-order chi connectivity index (χ0) is 23.8. The van der Waals surface area contributed by atoms with Gasteiger partial charge in [-0.2, -0.15) is 10.4 Å². The molecule has 0 radical (unpaired) electrons. The van der Waals surface area contributed by atoms with E-state index in [9.17, 15) is 9.90 Å². The molecule has 4 heterocycles. The van der Waals surface area contributed by atoms with Gasteiger partial charge in [0.05, 0.1) is 47.2 Å². The third-order valence-corrected chi connectivity index (χ3v) is 6.72. The second-order valence-corrected chi connectivity index (χ2v) is 8.65. The topological polar surface area (TPSA) is 116 Å². The van der Waals surface area contributed by atoms with E-state index in [1.54, 1.807) is 41.0 Å². The van der Waals surface area contributed by atoms with Crippen LogP contribution in [0.2, 0.25) is 0 Å². The van der Waals surface area contributed by atoms with Crippen molar-refractivity contribution in [3.63, 3.8) is 0 Å². The van der Waals surface area contributed by atoms with Gasteiger partial charge >= 0.3 is 0 Å². The summed E-state index contributed by atoms with van der Waals surface area (Å²) in [7, 11) is 1.71. The van der Waals surface area contributed by atoms with E-state index in [-0.39, 0.29) is 30.8 Å². The molecule has 2 unspecified atom stereocenters. The Morgan fingerprint density at radius 3 is 2.76 bits per heavy atom. The van der Waals surface area contributed by atoms with E-state index in [0.717, 1.165) is 22.3 Å². The van der Waals surface area contributed by atoms with Gasteiger partial charge in [-0.05, 0) is 24.6 Å². The van der Waals surface area contributed by atoms with E-state index in [0.29, 0.717) is 30.7 Å². The van der Waals surface area contributed by atoms with Crippen molar-refractivity contribution in [2.45, 2.75) is 25.6 Å². The largest absolute Gasteiger partial charge is 0.395 e. The van der Waals surface area contributed by atoms with Gasteiger partial charge in [0.25, 0.3) is 5.56 Å². The molecule has 174 valence electrons. The molecule has 1 aliphatic rings. The molecular formula is C24H26N8O2. The summed E-state index contributed by atoms with van der Waals surface area (Å²) in [5.74, 6) is 0. The number of nitriles is 1. The van der Waals surface area contributed by atoms with Gasteiger partial charge in [-0.3, -0.25) is 24.3 Å². The molecule has 1 aliphatic heterocycles. The highest BCUT2D eigenvalue weighted by atomic mass is 16.3. The van der Waals surface area contributed by atoms with Crippen LogP contribution in [-0.4, -0.2) is 66.6 Å². The Balaban J connectivity index is 1.44. The molecule has 1 aromatic carbocycles. The second kappa shape index (κ2) is 8.85. The molecule has 0 saturated carbocycles. The highest BCUT2D eigenvalue weighted by Gasteiger charge is 2.32. The van der Waals surface area contributed by atoms with Crippen LogP contribution in [0, 0.1) is 11.3 Å². The van der Waals surface area contributed by atoms with Gasteiger partial charge in [0.2, 0.25) is 0 Å². The lowest BCUT2D eigenvalue weighted by Gasteiger charge is -2.44. The third kappa shape index (κ3) is 3.79. The number of anilines is 1. The van der Waals surface area contributed by atoms with E-state index in [1.807, 2.05) is 6.07 Å². The summed E-state index contributed by atoms with van der Waals surface area (Å²) in [6, 6.07) is 9.74. The molecule has 5 rings (SSSR count). The van der Waals surface area contributed by atoms with Gasteiger partial charge < -0.3 is 14.6 Å². The van der Waals surface area contributed by atoms with Crippen LogP contribution in [0.4, 0.5) is 5.69 Å². The Bertz CT molecular complexity index is 1450. The number of aromatic nitrogens is 5. The number of rotatable bonds is 5. The standard InChI is InChI=1S/C24H26N8O2/c1-16(17-3-4-19-20(11-17)27-7-6-26-19)32-10-9-30(13-18(32)15-33)21-12-23(34)29(2)22-14-31(8-5-25)28-24(21)22/h3-4,6-7,11-12,14,16,18,33H,8-10,13,15H2,1-2H3. The molecule has 10 nitrogen and oxygen atoms in total. The van der Waals surface area contributed by atoms with Crippen LogP contribution in [0.1, 0.15) is 18.5 Å². The summed E-state index contributed by atoms with van der Waals surface area (Å²) in [6.45, 7) is 4.19. The Labute approximate surface area is 196 Å². The van der Waals surface area contributed by atoms with Gasteiger partial charge in [-0.1, -0.05) is 6.07 Å². The van der Waals surface area contributed by atoms with E-state index < -0.39 is 0 Å². The fourth-order valence-corrected chi connectivity index (χ4v) is 4.83. The van der Waals surface area contributed by atoms with Crippen molar-refractivity contribution in [1.29, 1.82) is 5.26 Å². The van der Waals surface area contributed by atoms with Crippen LogP contribution < -0.4 is 10.5 Å². The van der Waals surface area contributed by atoms with E-state index >= 15 is 0 Å². The predicted molar refractivity (Wildman–Crippen MR) is 128 cm³/mol. The highest BCUT2D eigenvalue weighted by molar-refractivity contribution is 5.88. The zero-order valence-corrected chi connectivity index (χ0v) is 19.2. The van der Waals surface area contributed by atoms with Crippen molar-refractivity contribution < 1.29 is 5.11 Å². The summed E-state index contributed by atoms with van der Waals surface area (Å²) in [5.41, 5.74) is 4.80. The summed E-state index contributed by atoms with van der Waals surface area (Å²) in [6.07, 6.45) is 5.10. The number of aliphatic hydroxyl groups excluding tert-OH is 1. The first kappa shape index (κ1) is 22.0. The summed E-state index contributed by atoms with van der Waals surface area (Å²) in [4.78, 5) is 25.8. The maximum absolute atomic E-state index is 12.6. The van der Waals surface area contributed by atoms with Crippen LogP contribution in [0.15, 0.2) is 47.7 Å². The summed E-state index contributed by atoms with van der Waals surface area (Å²) < 4.78 is 3.10. The van der Waals surface area contributed by atoms with Crippen LogP contribution in [-0.2, 0) is 13.6 Å². The number of hydrogen-bond acceptors (Lipinski definition) is 8. The van der Waals surface area contributed by atoms with Gasteiger partial charge in [0.15, 0.2) is 0 Å². The van der Waals surface area contributed by atoms with Crippen LogP contribution in [0.3, 0.4) is 0 Å². The smallest absolute Gasteiger partial charge is 0.252 e. The van der Waals surface area contributed by atoms with Crippen molar-refractivity contribution in [2.75, 3.05) is 31.1 Å². The minimum absolute atomic E-state index is 0.00884. The molecule has 3 aromatic heterocycles. The van der Waals surface area contributed by atoms with Crippen molar-refractivity contribution in [1.82, 2.24) is 29.2 Å². The minimum atomic E-state index is -0.132. The second-order valence-electron chi connectivity index (χ2n) is 8.65. The minimum Gasteiger partial charge on any atom is -0.395 e. The lowest BCUT2D eigenvalue weighted by molar-refractivity contribution is 0.0784. The van der Waals surface area contributed by atoms with Crippen molar-refractivity contribution >= 4 is 27.8 Å². The number of nitrogens with zero attached hydrogens (tertiary/aromatic N) is 8. The average Bonchev–Trinajstić information content (AvgIpc) is 3.29. The Morgan fingerprint density at radius 2 is 2.00 bits per heavy atom. The molecule has 2 atom stereocenters. The monoisotopic (exact) mass is 458 g/mol. The van der Waals surface area contributed by atoms with Gasteiger partial charge in [-0.15, -0.1) is 0 Å². The van der Waals surface area contributed by atoms with Gasteiger partial charge in [0.1, 0.15) is 12.1 Å². The fourth-order valence-electron chi connectivity index (χ4n) is 4.83. The first-order chi connectivity index (χ1) is 16.5. The normalized spacial score (nSPS) is 17.8. The van der Waals surface area contributed by atoms with Crippen LogP contribution >= 0.6 is 0 Å². The maximum Gasteiger partial charge on any atom is 0.252 e. The molecule has 34 heavy (non-hydrogen) atoms. The summed E-state index contributed by atoms with van der Waals surface area (Å²) >= 11 is 0. The Morgan fingerprint density at radius 1 is 1.21 bits per heavy atom. The van der Waals surface area contributed by atoms with Gasteiger partial charge in [0, 0.05) is 51.2 Å². The lowest BCUT2D eigenvalue weighted by Crippen LogP contribution is -2.55. The number of hydrogen-bond donors (Lipinski definition) is 1. The molecule has 1 saturated heterocycles. The molecule has 1 N–H and O–H groups in total. The van der Waals surface area contributed by atoms with Crippen molar-refractivity contribution in [3.8, 4) is 6.07 Å². The number of piperazine rings is 1. The van der Waals surface area contributed by atoms with E-state index in [4.69, 9.17) is 5.26 Å². The first-order valence-corrected chi connectivity index (χ1v) is 11.3. The average molecular weight is 459 g/mol. The highest BCUT2D eigenvalue weighted by Crippen LogP contribution is 2.30. The van der Waals surface area contributed by atoms with Crippen LogP contribution in [0.25, 0.3) is 22.1 Å². The predicted octanol–water partition coefficient (Wildman–Crippen LogP) is 1.45. The van der Waals surface area contributed by atoms with Crippen molar-refractivity contribution in [2.24, 2.45) is 7.05 Å². The number of aliphatic hydroxyl groups is 1. The van der Waals surface area contributed by atoms with Gasteiger partial charge in [-0.25, -0.2) is 0 Å².